The van der Waals surface area contributed by atoms with Crippen molar-refractivity contribution in [2.24, 2.45) is 0 Å². The predicted molar refractivity (Wildman–Crippen MR) is 120 cm³/mol. The maximum Gasteiger partial charge on any atom is 0.248 e. The molecule has 0 atom stereocenters. The third-order valence-corrected chi connectivity index (χ3v) is 5.68. The van der Waals surface area contributed by atoms with Crippen LogP contribution in [0.3, 0.4) is 0 Å². The maximum atomic E-state index is 12.6. The number of benzene rings is 2. The summed E-state index contributed by atoms with van der Waals surface area (Å²) in [5.74, 6) is 0.0602. The van der Waals surface area contributed by atoms with Crippen LogP contribution in [0.4, 0.5) is 0 Å². The van der Waals surface area contributed by atoms with E-state index in [1.165, 1.54) is 27.6 Å². The number of carbonyl (C=O) groups is 1. The van der Waals surface area contributed by atoms with Crippen molar-refractivity contribution in [1.29, 1.82) is 0 Å². The minimum absolute atomic E-state index is 0.0602. The van der Waals surface area contributed by atoms with E-state index in [1.807, 2.05) is 0 Å². The van der Waals surface area contributed by atoms with Crippen LogP contribution >= 0.6 is 0 Å². The fourth-order valence-corrected chi connectivity index (χ4v) is 4.10. The molecule has 1 aromatic heterocycles. The number of fused-ring (bicyclic) bond motifs is 1. The Morgan fingerprint density at radius 2 is 1.83 bits per heavy atom. The van der Waals surface area contributed by atoms with Crippen LogP contribution in [0.25, 0.3) is 16.5 Å². The molecular weight excluding hydrogens is 358 g/mol. The first-order valence-corrected chi connectivity index (χ1v) is 10.3. The minimum atomic E-state index is 0.0602. The van der Waals surface area contributed by atoms with Crippen molar-refractivity contribution in [1.82, 2.24) is 14.8 Å². The maximum absolute atomic E-state index is 12.6. The molecule has 0 fully saturated rings. The first-order chi connectivity index (χ1) is 14.0. The van der Waals surface area contributed by atoms with Crippen LogP contribution in [0, 0.1) is 6.92 Å². The number of aromatic nitrogens is 1. The molecule has 0 saturated carbocycles. The molecule has 3 aromatic rings. The number of para-hydroxylation sites is 1. The number of rotatable bonds is 7. The second-order valence-electron chi connectivity index (χ2n) is 8.21. The molecule has 0 spiro atoms. The van der Waals surface area contributed by atoms with Gasteiger partial charge in [-0.3, -0.25) is 4.79 Å². The molecule has 0 radical (unpaired) electrons. The zero-order valence-electron chi connectivity index (χ0n) is 17.5. The van der Waals surface area contributed by atoms with Crippen molar-refractivity contribution in [2.45, 2.75) is 26.3 Å². The first kappa shape index (κ1) is 19.5. The lowest BCUT2D eigenvalue weighted by atomic mass is 9.96. The Morgan fingerprint density at radius 3 is 2.59 bits per heavy atom. The zero-order valence-corrected chi connectivity index (χ0v) is 17.5. The summed E-state index contributed by atoms with van der Waals surface area (Å²) in [5.41, 5.74) is 6.87. The molecule has 1 aliphatic rings. The topological polar surface area (TPSA) is 37.3 Å². The van der Waals surface area contributed by atoms with E-state index in [0.29, 0.717) is 13.0 Å². The summed E-state index contributed by atoms with van der Waals surface area (Å²) in [4.78, 5) is 14.9. The van der Waals surface area contributed by atoms with Gasteiger partial charge < -0.3 is 14.8 Å². The molecular formula is C25H29N3O. The van der Waals surface area contributed by atoms with Crippen LogP contribution in [0.2, 0.25) is 0 Å². The Kier molecular flexibility index (Phi) is 5.54. The summed E-state index contributed by atoms with van der Waals surface area (Å²) >= 11 is 0. The molecule has 0 unspecified atom stereocenters. The number of hydrogen-bond donors (Lipinski definition) is 1. The molecule has 0 aliphatic carbocycles. The number of aryl methyl sites for hydroxylation is 2. The van der Waals surface area contributed by atoms with Crippen molar-refractivity contribution >= 4 is 22.4 Å². The molecule has 29 heavy (non-hydrogen) atoms. The normalized spacial score (nSPS) is 14.3. The Morgan fingerprint density at radius 1 is 1.07 bits per heavy atom. The summed E-state index contributed by atoms with van der Waals surface area (Å²) in [6.07, 6.45) is 4.00. The number of nitrogens with one attached hydrogen (secondary N) is 1. The molecule has 4 heteroatoms. The summed E-state index contributed by atoms with van der Waals surface area (Å²) < 4.78 is 2.34. The largest absolute Gasteiger partial charge is 0.348 e. The van der Waals surface area contributed by atoms with Crippen LogP contribution in [0.15, 0.2) is 60.3 Å². The van der Waals surface area contributed by atoms with Crippen molar-refractivity contribution in [3.05, 3.63) is 77.0 Å². The molecule has 150 valence electrons. The highest BCUT2D eigenvalue weighted by atomic mass is 16.1. The van der Waals surface area contributed by atoms with Gasteiger partial charge in [0, 0.05) is 47.7 Å². The second kappa shape index (κ2) is 8.26. The van der Waals surface area contributed by atoms with Gasteiger partial charge in [0.25, 0.3) is 0 Å². The Balaban J connectivity index is 1.72. The van der Waals surface area contributed by atoms with E-state index in [2.05, 4.69) is 90.5 Å². The van der Waals surface area contributed by atoms with Gasteiger partial charge in [-0.25, -0.2) is 0 Å². The quantitative estimate of drug-likeness (QED) is 0.665. The van der Waals surface area contributed by atoms with Crippen LogP contribution < -0.4 is 5.32 Å². The fraction of sp³-hybridized carbons (Fsp3) is 0.320. The van der Waals surface area contributed by atoms with Gasteiger partial charge in [0.2, 0.25) is 5.91 Å². The molecule has 1 aliphatic heterocycles. The van der Waals surface area contributed by atoms with Gasteiger partial charge in [0.05, 0.1) is 0 Å². The third-order valence-electron chi connectivity index (χ3n) is 5.68. The van der Waals surface area contributed by atoms with Crippen LogP contribution in [0.5, 0.6) is 0 Å². The van der Waals surface area contributed by atoms with Crippen LogP contribution in [-0.4, -0.2) is 42.6 Å². The van der Waals surface area contributed by atoms with Gasteiger partial charge in [-0.15, -0.1) is 0 Å². The lowest BCUT2D eigenvalue weighted by Gasteiger charge is -2.10. The Bertz CT molecular complexity index is 1060. The third kappa shape index (κ3) is 4.13. The molecule has 1 N–H and O–H groups in total. The van der Waals surface area contributed by atoms with Gasteiger partial charge in [-0.2, -0.15) is 0 Å². The van der Waals surface area contributed by atoms with E-state index in [4.69, 9.17) is 0 Å². The molecule has 1 amide bonds. The predicted octanol–water partition coefficient (Wildman–Crippen LogP) is 4.03. The summed E-state index contributed by atoms with van der Waals surface area (Å²) in [5, 5.41) is 4.28. The van der Waals surface area contributed by atoms with E-state index in [9.17, 15) is 4.79 Å². The first-order valence-electron chi connectivity index (χ1n) is 10.3. The van der Waals surface area contributed by atoms with Crippen molar-refractivity contribution in [3.63, 3.8) is 0 Å². The van der Waals surface area contributed by atoms with Crippen LogP contribution in [-0.2, 0) is 17.8 Å². The molecule has 2 heterocycles. The van der Waals surface area contributed by atoms with Gasteiger partial charge in [-0.1, -0.05) is 48.0 Å². The molecule has 4 nitrogen and oxygen atoms in total. The molecule has 4 rings (SSSR count). The Labute approximate surface area is 172 Å². The zero-order chi connectivity index (χ0) is 20.4. The van der Waals surface area contributed by atoms with Crippen molar-refractivity contribution in [3.8, 4) is 0 Å². The highest BCUT2D eigenvalue weighted by Gasteiger charge is 2.26. The highest BCUT2D eigenvalue weighted by Crippen LogP contribution is 2.32. The van der Waals surface area contributed by atoms with Gasteiger partial charge in [0.1, 0.15) is 0 Å². The minimum Gasteiger partial charge on any atom is -0.348 e. The van der Waals surface area contributed by atoms with E-state index in [-0.39, 0.29) is 5.91 Å². The smallest absolute Gasteiger partial charge is 0.248 e. The van der Waals surface area contributed by atoms with Crippen molar-refractivity contribution in [2.75, 3.05) is 27.2 Å². The number of amides is 1. The van der Waals surface area contributed by atoms with E-state index < -0.39 is 0 Å². The second-order valence-corrected chi connectivity index (χ2v) is 8.21. The van der Waals surface area contributed by atoms with E-state index >= 15 is 0 Å². The van der Waals surface area contributed by atoms with Crippen molar-refractivity contribution < 1.29 is 4.79 Å². The Hall–Kier alpha value is -2.85. The average Bonchev–Trinajstić information content (AvgIpc) is 3.24. The molecule has 2 aromatic carbocycles. The molecule has 0 bridgehead atoms. The fourth-order valence-electron chi connectivity index (χ4n) is 4.10. The number of carbonyl (C=O) groups excluding carboxylic acids is 1. The van der Waals surface area contributed by atoms with Crippen LogP contribution in [0.1, 0.15) is 23.1 Å². The summed E-state index contributed by atoms with van der Waals surface area (Å²) in [6.45, 7) is 4.72. The average molecular weight is 388 g/mol. The standard InChI is InChI=1S/C25H29N3O/c1-18-9-11-19(12-10-18)15-21-22(16-26-25(21)29)23-17-28(14-6-13-27(2)3)24-8-5-4-7-20(23)24/h4-5,7-12,17H,6,13-16H2,1-3H3,(H,26,29). The number of hydrogen-bond acceptors (Lipinski definition) is 2. The lowest BCUT2D eigenvalue weighted by Crippen LogP contribution is -2.18. The lowest BCUT2D eigenvalue weighted by molar-refractivity contribution is -0.116. The summed E-state index contributed by atoms with van der Waals surface area (Å²) in [6, 6.07) is 17.0. The highest BCUT2D eigenvalue weighted by molar-refractivity contribution is 6.09. The van der Waals surface area contributed by atoms with E-state index in [0.717, 1.165) is 30.7 Å². The van der Waals surface area contributed by atoms with E-state index in [1.54, 1.807) is 0 Å². The SMILES string of the molecule is Cc1ccc(CC2=C(c3cn(CCCN(C)C)c4ccccc34)CNC2=O)cc1. The van der Waals surface area contributed by atoms with Gasteiger partial charge in [-0.05, 0) is 51.2 Å². The summed E-state index contributed by atoms with van der Waals surface area (Å²) in [7, 11) is 4.22. The van der Waals surface area contributed by atoms with Gasteiger partial charge in [0.15, 0.2) is 0 Å². The van der Waals surface area contributed by atoms with Gasteiger partial charge >= 0.3 is 0 Å². The number of nitrogens with zero attached hydrogens (tertiary/aromatic N) is 2. The molecule has 0 saturated heterocycles. The monoisotopic (exact) mass is 387 g/mol.